The number of aryl methyl sites for hydroxylation is 1. The number of nitrogens with one attached hydrogen (secondary N) is 2. The van der Waals surface area contributed by atoms with Crippen LogP contribution in [0.2, 0.25) is 0 Å². The fraction of sp³-hybridized carbons (Fsp3) is 0.385. The molecule has 0 saturated carbocycles. The van der Waals surface area contributed by atoms with E-state index in [0.717, 1.165) is 20.3 Å². The molecule has 2 aromatic rings. The molecule has 0 unspecified atom stereocenters. The van der Waals surface area contributed by atoms with Crippen molar-refractivity contribution < 1.29 is 4.79 Å². The highest BCUT2D eigenvalue weighted by Gasteiger charge is 2.09. The van der Waals surface area contributed by atoms with Crippen LogP contribution in [-0.2, 0) is 0 Å². The summed E-state index contributed by atoms with van der Waals surface area (Å²) in [6, 6.07) is 3.81. The van der Waals surface area contributed by atoms with E-state index in [2.05, 4.69) is 31.5 Å². The first kappa shape index (κ1) is 15.9. The molecular formula is C13H18BrN3OS. The first-order valence-electron chi connectivity index (χ1n) is 6.21. The van der Waals surface area contributed by atoms with Crippen LogP contribution in [0.15, 0.2) is 16.6 Å². The van der Waals surface area contributed by atoms with Crippen LogP contribution >= 0.6 is 27.3 Å². The number of benzene rings is 1. The summed E-state index contributed by atoms with van der Waals surface area (Å²) in [5.74, 6) is 0. The van der Waals surface area contributed by atoms with Crippen molar-refractivity contribution in [2.75, 3.05) is 11.9 Å². The number of urea groups is 1. The Morgan fingerprint density at radius 1 is 1.42 bits per heavy atom. The number of rotatable bonds is 2. The molecule has 6 heteroatoms. The monoisotopic (exact) mass is 343 g/mol. The minimum atomic E-state index is -0.223. The van der Waals surface area contributed by atoms with Gasteiger partial charge in [-0.05, 0) is 47.5 Å². The third kappa shape index (κ3) is 4.18. The highest BCUT2D eigenvalue weighted by Crippen LogP contribution is 2.33. The lowest BCUT2D eigenvalue weighted by Gasteiger charge is -2.00. The first-order valence-corrected chi connectivity index (χ1v) is 7.82. The predicted octanol–water partition coefficient (Wildman–Crippen LogP) is 4.53. The van der Waals surface area contributed by atoms with Crippen LogP contribution in [-0.4, -0.2) is 17.6 Å². The number of aromatic nitrogens is 1. The fourth-order valence-corrected chi connectivity index (χ4v) is 3.13. The smallest absolute Gasteiger partial charge is 0.321 e. The summed E-state index contributed by atoms with van der Waals surface area (Å²) < 4.78 is 2.05. The maximum Gasteiger partial charge on any atom is 0.321 e. The molecule has 1 aromatic carbocycles. The van der Waals surface area contributed by atoms with Gasteiger partial charge in [0, 0.05) is 11.0 Å². The number of nitrogens with zero attached hydrogens (tertiary/aromatic N) is 1. The topological polar surface area (TPSA) is 54.0 Å². The molecule has 0 radical (unpaired) electrons. The molecule has 2 N–H and O–H groups in total. The van der Waals surface area contributed by atoms with E-state index in [4.69, 9.17) is 0 Å². The standard InChI is InChI=1S/C11H12BrN3OS.C2H6/c1-3-13-10(16)15-11-14-8-5-6(2)4-7(12)9(8)17-11;1-2/h4-5H,3H2,1-2H3,(H2,13,14,15,16);1-2H3. The molecule has 0 spiro atoms. The summed E-state index contributed by atoms with van der Waals surface area (Å²) in [6.45, 7) is 8.48. The van der Waals surface area contributed by atoms with Gasteiger partial charge in [-0.25, -0.2) is 9.78 Å². The number of thiazole rings is 1. The van der Waals surface area contributed by atoms with Crippen LogP contribution in [0.4, 0.5) is 9.93 Å². The molecular weight excluding hydrogens is 326 g/mol. The number of hydrogen-bond donors (Lipinski definition) is 2. The van der Waals surface area contributed by atoms with Gasteiger partial charge in [0.15, 0.2) is 5.13 Å². The van der Waals surface area contributed by atoms with Gasteiger partial charge in [-0.1, -0.05) is 25.2 Å². The number of carbonyl (C=O) groups excluding carboxylic acids is 1. The number of fused-ring (bicyclic) bond motifs is 1. The van der Waals surface area contributed by atoms with Crippen LogP contribution < -0.4 is 10.6 Å². The first-order chi connectivity index (χ1) is 9.10. The van der Waals surface area contributed by atoms with E-state index >= 15 is 0 Å². The highest BCUT2D eigenvalue weighted by atomic mass is 79.9. The van der Waals surface area contributed by atoms with Gasteiger partial charge in [0.05, 0.1) is 10.2 Å². The van der Waals surface area contributed by atoms with Crippen LogP contribution in [0.25, 0.3) is 10.2 Å². The van der Waals surface area contributed by atoms with Gasteiger partial charge in [-0.3, -0.25) is 5.32 Å². The van der Waals surface area contributed by atoms with Crippen molar-refractivity contribution in [2.24, 2.45) is 0 Å². The van der Waals surface area contributed by atoms with E-state index in [1.54, 1.807) is 0 Å². The Morgan fingerprint density at radius 3 is 2.74 bits per heavy atom. The van der Waals surface area contributed by atoms with Gasteiger partial charge in [-0.2, -0.15) is 0 Å². The van der Waals surface area contributed by atoms with Crippen molar-refractivity contribution in [1.82, 2.24) is 10.3 Å². The average molecular weight is 344 g/mol. The number of halogens is 1. The summed E-state index contributed by atoms with van der Waals surface area (Å²) in [6.07, 6.45) is 0. The Kier molecular flexibility index (Phi) is 6.24. The average Bonchev–Trinajstić information content (AvgIpc) is 2.74. The second kappa shape index (κ2) is 7.45. The number of anilines is 1. The molecule has 1 heterocycles. The molecule has 4 nitrogen and oxygen atoms in total. The van der Waals surface area contributed by atoms with Gasteiger partial charge in [0.25, 0.3) is 0 Å². The maximum absolute atomic E-state index is 11.4. The van der Waals surface area contributed by atoms with E-state index in [9.17, 15) is 4.79 Å². The molecule has 0 aliphatic carbocycles. The third-order valence-corrected chi connectivity index (χ3v) is 4.05. The Balaban J connectivity index is 0.000000861. The fourth-order valence-electron chi connectivity index (χ4n) is 1.48. The largest absolute Gasteiger partial charge is 0.338 e. The minimum absolute atomic E-state index is 0.223. The molecule has 2 rings (SSSR count). The molecule has 0 atom stereocenters. The summed E-state index contributed by atoms with van der Waals surface area (Å²) in [4.78, 5) is 15.7. The van der Waals surface area contributed by atoms with Crippen molar-refractivity contribution in [3.8, 4) is 0 Å². The Bertz CT molecular complexity index is 568. The molecule has 104 valence electrons. The van der Waals surface area contributed by atoms with Crippen LogP contribution in [0.3, 0.4) is 0 Å². The summed E-state index contributed by atoms with van der Waals surface area (Å²) >= 11 is 4.96. The lowest BCUT2D eigenvalue weighted by atomic mass is 10.2. The van der Waals surface area contributed by atoms with E-state index < -0.39 is 0 Å². The Hall–Kier alpha value is -1.14. The van der Waals surface area contributed by atoms with Gasteiger partial charge < -0.3 is 5.32 Å². The molecule has 0 saturated heterocycles. The predicted molar refractivity (Wildman–Crippen MR) is 86.1 cm³/mol. The normalized spacial score (nSPS) is 9.74. The summed E-state index contributed by atoms with van der Waals surface area (Å²) in [7, 11) is 0. The van der Waals surface area contributed by atoms with Gasteiger partial charge in [0.2, 0.25) is 0 Å². The van der Waals surface area contributed by atoms with Gasteiger partial charge >= 0.3 is 6.03 Å². The Morgan fingerprint density at radius 2 is 2.11 bits per heavy atom. The Labute approximate surface area is 125 Å². The van der Waals surface area contributed by atoms with Crippen molar-refractivity contribution >= 4 is 48.6 Å². The lowest BCUT2D eigenvalue weighted by molar-refractivity contribution is 0.252. The lowest BCUT2D eigenvalue weighted by Crippen LogP contribution is -2.28. The second-order valence-electron chi connectivity index (χ2n) is 3.60. The van der Waals surface area contributed by atoms with Gasteiger partial charge in [-0.15, -0.1) is 0 Å². The van der Waals surface area contributed by atoms with E-state index in [1.165, 1.54) is 11.3 Å². The minimum Gasteiger partial charge on any atom is -0.338 e. The summed E-state index contributed by atoms with van der Waals surface area (Å²) in [5, 5.41) is 5.99. The zero-order valence-corrected chi connectivity index (χ0v) is 13.9. The number of amides is 2. The second-order valence-corrected chi connectivity index (χ2v) is 5.45. The van der Waals surface area contributed by atoms with Crippen LogP contribution in [0.1, 0.15) is 26.3 Å². The zero-order chi connectivity index (χ0) is 14.4. The molecule has 0 aliphatic heterocycles. The quantitative estimate of drug-likeness (QED) is 0.841. The molecule has 19 heavy (non-hydrogen) atoms. The SMILES string of the molecule is CC.CCNC(=O)Nc1nc2cc(C)cc(Br)c2s1. The van der Waals surface area contributed by atoms with E-state index in [1.807, 2.05) is 39.8 Å². The molecule has 0 bridgehead atoms. The number of carbonyl (C=O) groups is 1. The van der Waals surface area contributed by atoms with Crippen molar-refractivity contribution in [2.45, 2.75) is 27.7 Å². The van der Waals surface area contributed by atoms with E-state index in [0.29, 0.717) is 11.7 Å². The van der Waals surface area contributed by atoms with Crippen molar-refractivity contribution in [3.05, 3.63) is 22.2 Å². The molecule has 0 aliphatic rings. The highest BCUT2D eigenvalue weighted by molar-refractivity contribution is 9.10. The number of hydrogen-bond acceptors (Lipinski definition) is 3. The van der Waals surface area contributed by atoms with Gasteiger partial charge in [0.1, 0.15) is 0 Å². The zero-order valence-electron chi connectivity index (χ0n) is 11.5. The molecule has 2 amide bonds. The summed E-state index contributed by atoms with van der Waals surface area (Å²) in [5.41, 5.74) is 2.04. The van der Waals surface area contributed by atoms with Crippen molar-refractivity contribution in [1.29, 1.82) is 0 Å². The van der Waals surface area contributed by atoms with Crippen molar-refractivity contribution in [3.63, 3.8) is 0 Å². The molecule has 0 fully saturated rings. The molecule has 1 aromatic heterocycles. The van der Waals surface area contributed by atoms with E-state index in [-0.39, 0.29) is 6.03 Å². The van der Waals surface area contributed by atoms with Crippen LogP contribution in [0, 0.1) is 6.92 Å². The van der Waals surface area contributed by atoms with Crippen LogP contribution in [0.5, 0.6) is 0 Å². The third-order valence-electron chi connectivity index (χ3n) is 2.15. The maximum atomic E-state index is 11.4.